The van der Waals surface area contributed by atoms with Crippen molar-refractivity contribution in [2.45, 2.75) is 45.7 Å². The van der Waals surface area contributed by atoms with Crippen LogP contribution >= 0.6 is 0 Å². The minimum absolute atomic E-state index is 0.0194. The van der Waals surface area contributed by atoms with Gasteiger partial charge in [-0.1, -0.05) is 13.8 Å². The van der Waals surface area contributed by atoms with Crippen molar-refractivity contribution in [2.75, 3.05) is 4.90 Å². The average molecular weight is 301 g/mol. The van der Waals surface area contributed by atoms with Gasteiger partial charge in [-0.25, -0.2) is 4.68 Å². The van der Waals surface area contributed by atoms with Crippen LogP contribution in [0.2, 0.25) is 0 Å². The van der Waals surface area contributed by atoms with Gasteiger partial charge in [-0.3, -0.25) is 14.5 Å². The molecule has 2 aromatic rings. The Morgan fingerprint density at radius 3 is 2.91 bits per heavy atom. The maximum absolute atomic E-state index is 12.9. The molecule has 0 saturated heterocycles. The van der Waals surface area contributed by atoms with E-state index in [0.29, 0.717) is 11.5 Å². The van der Waals surface area contributed by atoms with Gasteiger partial charge in [-0.15, -0.1) is 0 Å². The molecule has 116 valence electrons. The lowest BCUT2D eigenvalue weighted by Gasteiger charge is -2.32. The molecule has 0 spiro atoms. The topological polar surface area (TPSA) is 83.9 Å². The molecule has 0 fully saturated rings. The van der Waals surface area contributed by atoms with Crippen LogP contribution in [0.3, 0.4) is 0 Å². The van der Waals surface area contributed by atoms with E-state index in [1.54, 1.807) is 15.6 Å². The van der Waals surface area contributed by atoms with Crippen LogP contribution in [-0.4, -0.2) is 31.7 Å². The molecule has 0 aromatic carbocycles. The molecule has 1 unspecified atom stereocenters. The zero-order valence-corrected chi connectivity index (χ0v) is 12.9. The number of amides is 1. The summed E-state index contributed by atoms with van der Waals surface area (Å²) >= 11 is 0. The Balaban J connectivity index is 2.03. The van der Waals surface area contributed by atoms with E-state index >= 15 is 0 Å². The molecule has 1 atom stereocenters. The molecule has 0 bridgehead atoms. The molecule has 3 heterocycles. The number of nitrogens with zero attached hydrogens (tertiary/aromatic N) is 4. The highest BCUT2D eigenvalue weighted by molar-refractivity contribution is 6.05. The zero-order valence-electron chi connectivity index (χ0n) is 12.9. The molecule has 1 amide bonds. The molecule has 1 aliphatic heterocycles. The average Bonchev–Trinajstić information content (AvgIpc) is 2.94. The number of carbonyl (C=O) groups excluding carboxylic acids is 1. The number of aryl methyl sites for hydroxylation is 1. The Bertz CT molecular complexity index is 761. The summed E-state index contributed by atoms with van der Waals surface area (Å²) in [7, 11) is 0. The van der Waals surface area contributed by atoms with Crippen LogP contribution in [0.4, 0.5) is 5.95 Å². The van der Waals surface area contributed by atoms with Gasteiger partial charge < -0.3 is 4.98 Å². The molecular weight excluding hydrogens is 282 g/mol. The maximum Gasteiger partial charge on any atom is 0.261 e. The van der Waals surface area contributed by atoms with Gasteiger partial charge in [0.15, 0.2) is 0 Å². The predicted molar refractivity (Wildman–Crippen MR) is 82.1 cm³/mol. The van der Waals surface area contributed by atoms with Crippen molar-refractivity contribution in [3.05, 3.63) is 40.1 Å². The Morgan fingerprint density at radius 1 is 1.41 bits per heavy atom. The Morgan fingerprint density at radius 2 is 2.18 bits per heavy atom. The molecule has 1 aliphatic rings. The first-order valence-corrected chi connectivity index (χ1v) is 7.43. The van der Waals surface area contributed by atoms with E-state index in [1.807, 2.05) is 20.8 Å². The second-order valence-electron chi connectivity index (χ2n) is 5.94. The summed E-state index contributed by atoms with van der Waals surface area (Å²) in [4.78, 5) is 33.3. The standard InChI is InChI=1S/C15H19N5O2/c1-9(2)12-6-11(7-13(21)18-12)14(22)20-10(3)4-5-19-15(20)16-8-17-19/h6-10H,4-5H2,1-3H3,(H,18,21). The minimum Gasteiger partial charge on any atom is -0.326 e. The maximum atomic E-state index is 12.9. The normalized spacial score (nSPS) is 17.6. The number of aromatic nitrogens is 4. The molecule has 2 aromatic heterocycles. The van der Waals surface area contributed by atoms with Crippen LogP contribution in [0, 0.1) is 0 Å². The van der Waals surface area contributed by atoms with E-state index in [9.17, 15) is 9.59 Å². The summed E-state index contributed by atoms with van der Waals surface area (Å²) in [6, 6.07) is 3.11. The highest BCUT2D eigenvalue weighted by Gasteiger charge is 2.31. The predicted octanol–water partition coefficient (Wildman–Crippen LogP) is 1.53. The van der Waals surface area contributed by atoms with E-state index < -0.39 is 0 Å². The summed E-state index contributed by atoms with van der Waals surface area (Å²) < 4.78 is 1.72. The second kappa shape index (κ2) is 5.40. The van der Waals surface area contributed by atoms with Crippen LogP contribution in [0.15, 0.2) is 23.3 Å². The van der Waals surface area contributed by atoms with Gasteiger partial charge >= 0.3 is 0 Å². The first-order valence-electron chi connectivity index (χ1n) is 7.43. The van der Waals surface area contributed by atoms with Gasteiger partial charge in [0.1, 0.15) is 6.33 Å². The number of hydrogen-bond donors (Lipinski definition) is 1. The van der Waals surface area contributed by atoms with Gasteiger partial charge in [-0.05, 0) is 25.3 Å². The molecular formula is C15H19N5O2. The lowest BCUT2D eigenvalue weighted by molar-refractivity contribution is 0.0968. The third kappa shape index (κ3) is 2.43. The third-order valence-corrected chi connectivity index (χ3v) is 3.96. The molecule has 3 rings (SSSR count). The third-order valence-electron chi connectivity index (χ3n) is 3.96. The number of nitrogens with one attached hydrogen (secondary N) is 1. The molecule has 0 aliphatic carbocycles. The summed E-state index contributed by atoms with van der Waals surface area (Å²) in [6.07, 6.45) is 2.26. The van der Waals surface area contributed by atoms with Gasteiger partial charge in [0.05, 0.1) is 0 Å². The second-order valence-corrected chi connectivity index (χ2v) is 5.94. The summed E-state index contributed by atoms with van der Waals surface area (Å²) in [5.41, 5.74) is 0.874. The molecule has 7 nitrogen and oxygen atoms in total. The van der Waals surface area contributed by atoms with E-state index in [4.69, 9.17) is 0 Å². The van der Waals surface area contributed by atoms with Crippen LogP contribution in [0.5, 0.6) is 0 Å². The van der Waals surface area contributed by atoms with Crippen molar-refractivity contribution in [3.63, 3.8) is 0 Å². The van der Waals surface area contributed by atoms with Crippen molar-refractivity contribution < 1.29 is 4.79 Å². The van der Waals surface area contributed by atoms with E-state index in [-0.39, 0.29) is 23.4 Å². The van der Waals surface area contributed by atoms with E-state index in [2.05, 4.69) is 15.1 Å². The number of aromatic amines is 1. The minimum atomic E-state index is -0.263. The number of anilines is 1. The lowest BCUT2D eigenvalue weighted by atomic mass is 10.1. The molecule has 0 saturated carbocycles. The van der Waals surface area contributed by atoms with Crippen molar-refractivity contribution in [3.8, 4) is 0 Å². The Hall–Kier alpha value is -2.44. The molecule has 0 radical (unpaired) electrons. The molecule has 1 N–H and O–H groups in total. The number of H-pyrrole nitrogens is 1. The smallest absolute Gasteiger partial charge is 0.261 e. The monoisotopic (exact) mass is 301 g/mol. The number of carbonyl (C=O) groups is 1. The fraction of sp³-hybridized carbons (Fsp3) is 0.467. The van der Waals surface area contributed by atoms with Crippen LogP contribution in [0.25, 0.3) is 0 Å². The van der Waals surface area contributed by atoms with E-state index in [1.165, 1.54) is 12.4 Å². The SMILES string of the molecule is CC(C)c1cc(C(=O)N2c3ncnn3CCC2C)cc(=O)[nH]1. The Labute approximate surface area is 128 Å². The summed E-state index contributed by atoms with van der Waals surface area (Å²) in [6.45, 7) is 6.67. The fourth-order valence-corrected chi connectivity index (χ4v) is 2.67. The van der Waals surface area contributed by atoms with Gasteiger partial charge in [-0.2, -0.15) is 10.1 Å². The van der Waals surface area contributed by atoms with Crippen LogP contribution in [-0.2, 0) is 6.54 Å². The quantitative estimate of drug-likeness (QED) is 0.911. The van der Waals surface area contributed by atoms with Gasteiger partial charge in [0, 0.05) is 29.9 Å². The summed E-state index contributed by atoms with van der Waals surface area (Å²) in [5, 5.41) is 4.12. The number of pyridine rings is 1. The van der Waals surface area contributed by atoms with Crippen molar-refractivity contribution in [1.29, 1.82) is 0 Å². The fourth-order valence-electron chi connectivity index (χ4n) is 2.67. The first-order chi connectivity index (χ1) is 10.5. The van der Waals surface area contributed by atoms with Gasteiger partial charge in [0.2, 0.25) is 11.5 Å². The number of hydrogen-bond acceptors (Lipinski definition) is 4. The highest BCUT2D eigenvalue weighted by atomic mass is 16.2. The largest absolute Gasteiger partial charge is 0.326 e. The molecule has 7 heteroatoms. The molecule has 22 heavy (non-hydrogen) atoms. The Kier molecular flexibility index (Phi) is 3.56. The zero-order chi connectivity index (χ0) is 15.9. The highest BCUT2D eigenvalue weighted by Crippen LogP contribution is 2.24. The number of rotatable bonds is 2. The lowest BCUT2D eigenvalue weighted by Crippen LogP contribution is -2.44. The first kappa shape index (κ1) is 14.5. The van der Waals surface area contributed by atoms with Crippen LogP contribution in [0.1, 0.15) is 49.2 Å². The summed E-state index contributed by atoms with van der Waals surface area (Å²) in [5.74, 6) is 0.465. The van der Waals surface area contributed by atoms with Crippen LogP contribution < -0.4 is 10.5 Å². The van der Waals surface area contributed by atoms with E-state index in [0.717, 1.165) is 18.7 Å². The van der Waals surface area contributed by atoms with Crippen molar-refractivity contribution in [2.24, 2.45) is 0 Å². The van der Waals surface area contributed by atoms with Crippen molar-refractivity contribution in [1.82, 2.24) is 19.7 Å². The van der Waals surface area contributed by atoms with Crippen molar-refractivity contribution >= 4 is 11.9 Å². The number of fused-ring (bicyclic) bond motifs is 1. The van der Waals surface area contributed by atoms with Gasteiger partial charge in [0.25, 0.3) is 5.91 Å².